The fourth-order valence-electron chi connectivity index (χ4n) is 3.03. The number of rotatable bonds is 5. The Morgan fingerprint density at radius 2 is 2.17 bits per heavy atom. The van der Waals surface area contributed by atoms with Gasteiger partial charge in [-0.15, -0.1) is 0 Å². The molecule has 0 radical (unpaired) electrons. The molecule has 0 spiro atoms. The zero-order valence-electron chi connectivity index (χ0n) is 12.6. The quantitative estimate of drug-likeness (QED) is 0.884. The summed E-state index contributed by atoms with van der Waals surface area (Å²) in [5.74, 6) is -0.800. The van der Waals surface area contributed by atoms with Gasteiger partial charge in [0.25, 0.3) is 0 Å². The van der Waals surface area contributed by atoms with E-state index in [-0.39, 0.29) is 30.0 Å². The maximum Gasteiger partial charge on any atom is 0.357 e. The highest BCUT2D eigenvalue weighted by Crippen LogP contribution is 2.33. The largest absolute Gasteiger partial charge is 0.476 e. The van der Waals surface area contributed by atoms with Crippen molar-refractivity contribution in [3.63, 3.8) is 0 Å². The number of nitrogens with one attached hydrogen (secondary N) is 1. The lowest BCUT2D eigenvalue weighted by atomic mass is 9.81. The fraction of sp³-hybridized carbons (Fsp3) is 0.353. The number of carboxylic acids is 1. The van der Waals surface area contributed by atoms with E-state index in [1.165, 1.54) is 11.1 Å². The second kappa shape index (κ2) is 6.64. The number of hydrogen-bond acceptors (Lipinski definition) is 4. The third-order valence-electron chi connectivity index (χ3n) is 4.13. The van der Waals surface area contributed by atoms with E-state index in [9.17, 15) is 9.59 Å². The van der Waals surface area contributed by atoms with Crippen LogP contribution in [0, 0.1) is 0 Å². The molecule has 1 aliphatic rings. The number of hydrogen-bond donors (Lipinski definition) is 2. The molecule has 3 rings (SSSR count). The number of aromatic carboxylic acids is 1. The van der Waals surface area contributed by atoms with Crippen molar-refractivity contribution < 1.29 is 19.1 Å². The third kappa shape index (κ3) is 3.59. The predicted octanol–water partition coefficient (Wildman–Crippen LogP) is 2.50. The minimum atomic E-state index is -1.15. The van der Waals surface area contributed by atoms with E-state index >= 15 is 0 Å². The van der Waals surface area contributed by atoms with Crippen LogP contribution in [0.2, 0.25) is 0 Å². The first kappa shape index (κ1) is 15.3. The van der Waals surface area contributed by atoms with Crippen LogP contribution in [0.4, 0.5) is 0 Å². The Balaban J connectivity index is 1.56. The summed E-state index contributed by atoms with van der Waals surface area (Å²) in [5, 5.41) is 11.5. The molecule has 0 aliphatic heterocycles. The summed E-state index contributed by atoms with van der Waals surface area (Å²) in [6.07, 6.45) is 4.66. The number of benzene rings is 1. The molecule has 23 heavy (non-hydrogen) atoms. The summed E-state index contributed by atoms with van der Waals surface area (Å²) in [4.78, 5) is 26.6. The van der Waals surface area contributed by atoms with Gasteiger partial charge in [0.15, 0.2) is 5.69 Å². The van der Waals surface area contributed by atoms with Crippen molar-refractivity contribution in [1.29, 1.82) is 0 Å². The number of aromatic nitrogens is 1. The Hall–Kier alpha value is -2.63. The van der Waals surface area contributed by atoms with Gasteiger partial charge in [-0.3, -0.25) is 4.79 Å². The van der Waals surface area contributed by atoms with Crippen LogP contribution >= 0.6 is 0 Å². The molecule has 120 valence electrons. The third-order valence-corrected chi connectivity index (χ3v) is 4.13. The Labute approximate surface area is 133 Å². The van der Waals surface area contributed by atoms with Crippen molar-refractivity contribution in [2.75, 3.05) is 0 Å². The van der Waals surface area contributed by atoms with Gasteiger partial charge in [-0.25, -0.2) is 9.78 Å². The van der Waals surface area contributed by atoms with Crippen LogP contribution in [0.3, 0.4) is 0 Å². The van der Waals surface area contributed by atoms with Crippen molar-refractivity contribution in [3.05, 3.63) is 53.2 Å². The Kier molecular flexibility index (Phi) is 4.41. The maximum absolute atomic E-state index is 12.1. The number of nitrogens with zero attached hydrogens (tertiary/aromatic N) is 1. The maximum atomic E-state index is 12.1. The zero-order valence-corrected chi connectivity index (χ0v) is 12.6. The molecule has 1 aromatic carbocycles. The van der Waals surface area contributed by atoms with Crippen molar-refractivity contribution >= 4 is 11.9 Å². The number of amides is 1. The van der Waals surface area contributed by atoms with Crippen molar-refractivity contribution in [2.24, 2.45) is 0 Å². The molecule has 1 aromatic heterocycles. The highest BCUT2D eigenvalue weighted by molar-refractivity contribution is 5.84. The minimum absolute atomic E-state index is 0.0817. The van der Waals surface area contributed by atoms with Crippen LogP contribution in [-0.2, 0) is 17.8 Å². The summed E-state index contributed by atoms with van der Waals surface area (Å²) in [6.45, 7) is 0.0977. The first-order chi connectivity index (χ1) is 11.1. The molecule has 1 unspecified atom stereocenters. The molecule has 0 saturated heterocycles. The first-order valence-electron chi connectivity index (χ1n) is 7.65. The van der Waals surface area contributed by atoms with Crippen molar-refractivity contribution in [3.8, 4) is 0 Å². The van der Waals surface area contributed by atoms with Crippen molar-refractivity contribution in [1.82, 2.24) is 10.3 Å². The Bertz CT molecular complexity index is 723. The molecule has 6 nitrogen and oxygen atoms in total. The van der Waals surface area contributed by atoms with Gasteiger partial charge in [-0.05, 0) is 36.3 Å². The summed E-state index contributed by atoms with van der Waals surface area (Å²) < 4.78 is 5.02. The van der Waals surface area contributed by atoms with Gasteiger partial charge in [-0.1, -0.05) is 24.3 Å². The van der Waals surface area contributed by atoms with Gasteiger partial charge in [0.1, 0.15) is 6.26 Å². The minimum Gasteiger partial charge on any atom is -0.476 e. The molecular weight excluding hydrogens is 296 g/mol. The molecule has 0 bridgehead atoms. The average molecular weight is 314 g/mol. The molecule has 1 heterocycles. The zero-order chi connectivity index (χ0) is 16.2. The van der Waals surface area contributed by atoms with Crippen molar-refractivity contribution in [2.45, 2.75) is 38.1 Å². The van der Waals surface area contributed by atoms with Crippen LogP contribution in [0.5, 0.6) is 0 Å². The average Bonchev–Trinajstić information content (AvgIpc) is 3.03. The number of aryl methyl sites for hydroxylation is 1. The van der Waals surface area contributed by atoms with Crippen LogP contribution in [0.25, 0.3) is 0 Å². The van der Waals surface area contributed by atoms with E-state index in [0.717, 1.165) is 25.5 Å². The summed E-state index contributed by atoms with van der Waals surface area (Å²) in [6, 6.07) is 8.26. The van der Waals surface area contributed by atoms with E-state index < -0.39 is 5.97 Å². The molecule has 6 heteroatoms. The summed E-state index contributed by atoms with van der Waals surface area (Å²) in [5.41, 5.74) is 2.43. The molecule has 0 fully saturated rings. The number of fused-ring (bicyclic) bond motifs is 1. The topological polar surface area (TPSA) is 92.4 Å². The summed E-state index contributed by atoms with van der Waals surface area (Å²) in [7, 11) is 0. The lowest BCUT2D eigenvalue weighted by Crippen LogP contribution is -2.26. The second-order valence-electron chi connectivity index (χ2n) is 5.70. The smallest absolute Gasteiger partial charge is 0.357 e. The van der Waals surface area contributed by atoms with Gasteiger partial charge >= 0.3 is 5.97 Å². The summed E-state index contributed by atoms with van der Waals surface area (Å²) >= 11 is 0. The molecule has 1 amide bonds. The fourth-order valence-corrected chi connectivity index (χ4v) is 3.03. The lowest BCUT2D eigenvalue weighted by molar-refractivity contribution is -0.121. The highest BCUT2D eigenvalue weighted by Gasteiger charge is 2.22. The number of carboxylic acid groups (broad SMARTS) is 1. The normalized spacial score (nSPS) is 16.6. The van der Waals surface area contributed by atoms with Crippen LogP contribution in [0.1, 0.15) is 52.7 Å². The van der Waals surface area contributed by atoms with Gasteiger partial charge < -0.3 is 14.8 Å². The van der Waals surface area contributed by atoms with Gasteiger partial charge in [0.2, 0.25) is 11.8 Å². The highest BCUT2D eigenvalue weighted by atomic mass is 16.4. The van der Waals surface area contributed by atoms with Gasteiger partial charge in [0, 0.05) is 6.42 Å². The van der Waals surface area contributed by atoms with E-state index in [2.05, 4.69) is 22.4 Å². The van der Waals surface area contributed by atoms with E-state index in [1.807, 2.05) is 12.1 Å². The number of oxazole rings is 1. The molecule has 1 atom stereocenters. The van der Waals surface area contributed by atoms with Crippen LogP contribution in [0.15, 0.2) is 34.9 Å². The first-order valence-corrected chi connectivity index (χ1v) is 7.65. The monoisotopic (exact) mass is 314 g/mol. The Morgan fingerprint density at radius 3 is 2.96 bits per heavy atom. The Morgan fingerprint density at radius 1 is 1.35 bits per heavy atom. The van der Waals surface area contributed by atoms with Gasteiger partial charge in [0.05, 0.1) is 6.54 Å². The van der Waals surface area contributed by atoms with E-state index in [4.69, 9.17) is 9.52 Å². The standard InChI is InChI=1S/C17H18N2O4/c20-15(18-9-16-19-14(10-23-16)17(21)22)8-12-6-3-5-11-4-1-2-7-13(11)12/h1-2,4,7,10,12H,3,5-6,8-9H2,(H,18,20)(H,21,22). The molecule has 2 aromatic rings. The molecule has 2 N–H and O–H groups in total. The SMILES string of the molecule is O=C(CC1CCCc2ccccc21)NCc1nc(C(=O)O)co1. The molecule has 1 aliphatic carbocycles. The number of carbonyl (C=O) groups is 2. The van der Waals surface area contributed by atoms with E-state index in [1.54, 1.807) is 0 Å². The molecular formula is C17H18N2O4. The van der Waals surface area contributed by atoms with Gasteiger partial charge in [-0.2, -0.15) is 0 Å². The molecule has 0 saturated carbocycles. The van der Waals surface area contributed by atoms with Crippen LogP contribution in [-0.4, -0.2) is 22.0 Å². The second-order valence-corrected chi connectivity index (χ2v) is 5.70. The van der Waals surface area contributed by atoms with E-state index in [0.29, 0.717) is 6.42 Å². The lowest BCUT2D eigenvalue weighted by Gasteiger charge is -2.24. The number of carbonyl (C=O) groups excluding carboxylic acids is 1. The predicted molar refractivity (Wildman–Crippen MR) is 82.0 cm³/mol. The van der Waals surface area contributed by atoms with Crippen LogP contribution < -0.4 is 5.32 Å².